The fourth-order valence-corrected chi connectivity index (χ4v) is 3.18. The molecule has 0 saturated carbocycles. The third-order valence-corrected chi connectivity index (χ3v) is 4.67. The molecule has 0 spiro atoms. The molecular formula is C21H27ClN2O2. The molecule has 0 atom stereocenters. The Morgan fingerprint density at radius 2 is 1.62 bits per heavy atom. The second-order valence-corrected chi connectivity index (χ2v) is 6.45. The van der Waals surface area contributed by atoms with E-state index in [9.17, 15) is 4.79 Å². The molecule has 0 aromatic heterocycles. The van der Waals surface area contributed by atoms with E-state index in [4.69, 9.17) is 10.5 Å². The highest BCUT2D eigenvalue weighted by Crippen LogP contribution is 2.21. The van der Waals surface area contributed by atoms with Crippen molar-refractivity contribution in [1.29, 1.82) is 0 Å². The third kappa shape index (κ3) is 5.31. The average Bonchev–Trinajstić information content (AvgIpc) is 2.69. The minimum absolute atomic E-state index is 0. The van der Waals surface area contributed by atoms with Crippen LogP contribution < -0.4 is 5.73 Å². The van der Waals surface area contributed by atoms with Crippen molar-refractivity contribution in [3.8, 4) is 11.1 Å². The van der Waals surface area contributed by atoms with Crippen LogP contribution in [-0.2, 0) is 4.74 Å². The molecule has 1 aliphatic rings. The topological polar surface area (TPSA) is 55.6 Å². The summed E-state index contributed by atoms with van der Waals surface area (Å²) >= 11 is 0. The van der Waals surface area contributed by atoms with Crippen molar-refractivity contribution in [3.05, 3.63) is 60.2 Å². The maximum atomic E-state index is 12.7. The molecule has 26 heavy (non-hydrogen) atoms. The Morgan fingerprint density at radius 3 is 2.23 bits per heavy atom. The molecule has 1 fully saturated rings. The summed E-state index contributed by atoms with van der Waals surface area (Å²) in [4.78, 5) is 14.6. The molecule has 5 heteroatoms. The smallest absolute Gasteiger partial charge is 0.253 e. The first kappa shape index (κ1) is 20.4. The number of nitrogens with two attached hydrogens (primary N) is 1. The predicted octanol–water partition coefficient (Wildman–Crippen LogP) is 3.75. The van der Waals surface area contributed by atoms with Crippen molar-refractivity contribution < 1.29 is 9.53 Å². The number of amides is 1. The first-order valence-corrected chi connectivity index (χ1v) is 9.04. The molecule has 2 aromatic carbocycles. The number of hydrogen-bond donors (Lipinski definition) is 1. The zero-order chi connectivity index (χ0) is 17.5. The summed E-state index contributed by atoms with van der Waals surface area (Å²) in [5.41, 5.74) is 8.53. The number of benzene rings is 2. The van der Waals surface area contributed by atoms with E-state index in [-0.39, 0.29) is 24.4 Å². The Kier molecular flexibility index (Phi) is 8.10. The van der Waals surface area contributed by atoms with Gasteiger partial charge in [-0.1, -0.05) is 42.5 Å². The number of carbonyl (C=O) groups is 1. The number of carbonyl (C=O) groups excluding carboxylic acids is 1. The maximum absolute atomic E-state index is 12.7. The second kappa shape index (κ2) is 10.3. The van der Waals surface area contributed by atoms with Gasteiger partial charge in [-0.25, -0.2) is 0 Å². The molecule has 140 valence electrons. The maximum Gasteiger partial charge on any atom is 0.253 e. The highest BCUT2D eigenvalue weighted by Gasteiger charge is 2.23. The third-order valence-electron chi connectivity index (χ3n) is 4.67. The fourth-order valence-electron chi connectivity index (χ4n) is 3.18. The first-order valence-electron chi connectivity index (χ1n) is 9.04. The van der Waals surface area contributed by atoms with E-state index in [0.29, 0.717) is 6.54 Å². The van der Waals surface area contributed by atoms with Crippen LogP contribution in [0.2, 0.25) is 0 Å². The van der Waals surface area contributed by atoms with Gasteiger partial charge in [0.25, 0.3) is 5.91 Å². The Bertz CT molecular complexity index is 668. The highest BCUT2D eigenvalue weighted by molar-refractivity contribution is 5.94. The summed E-state index contributed by atoms with van der Waals surface area (Å²) in [6, 6.07) is 18.1. The molecule has 1 heterocycles. The van der Waals surface area contributed by atoms with Gasteiger partial charge >= 0.3 is 0 Å². The van der Waals surface area contributed by atoms with Crippen molar-refractivity contribution in [3.63, 3.8) is 0 Å². The van der Waals surface area contributed by atoms with Crippen LogP contribution in [0.4, 0.5) is 0 Å². The molecule has 2 aromatic rings. The van der Waals surface area contributed by atoms with Crippen molar-refractivity contribution in [2.24, 2.45) is 5.73 Å². The molecule has 1 saturated heterocycles. The monoisotopic (exact) mass is 374 g/mol. The summed E-state index contributed by atoms with van der Waals surface area (Å²) in [5.74, 6) is 0.111. The normalized spacial score (nSPS) is 14.7. The predicted molar refractivity (Wildman–Crippen MR) is 108 cm³/mol. The largest absolute Gasteiger partial charge is 0.378 e. The van der Waals surface area contributed by atoms with E-state index in [2.05, 4.69) is 12.1 Å². The SMILES string of the molecule is Cl.NCCCOC1CCN(C(=O)c2ccc(-c3ccccc3)cc2)CC1. The van der Waals surface area contributed by atoms with Crippen molar-refractivity contribution >= 4 is 18.3 Å². The van der Waals surface area contributed by atoms with Gasteiger partial charge in [0.05, 0.1) is 6.10 Å². The first-order chi connectivity index (χ1) is 12.3. The summed E-state index contributed by atoms with van der Waals surface area (Å²) in [6.07, 6.45) is 2.96. The van der Waals surface area contributed by atoms with Crippen LogP contribution in [0.5, 0.6) is 0 Å². The molecule has 1 amide bonds. The summed E-state index contributed by atoms with van der Waals surface area (Å²) in [7, 11) is 0. The Morgan fingerprint density at radius 1 is 1.00 bits per heavy atom. The van der Waals surface area contributed by atoms with E-state index in [1.165, 1.54) is 0 Å². The lowest BCUT2D eigenvalue weighted by Gasteiger charge is -2.32. The molecule has 0 bridgehead atoms. The van der Waals surface area contributed by atoms with E-state index in [1.54, 1.807) is 0 Å². The number of likely N-dealkylation sites (tertiary alicyclic amines) is 1. The Labute approximate surface area is 161 Å². The molecule has 0 radical (unpaired) electrons. The van der Waals surface area contributed by atoms with Crippen LogP contribution in [-0.4, -0.2) is 43.2 Å². The lowest BCUT2D eigenvalue weighted by Crippen LogP contribution is -2.41. The highest BCUT2D eigenvalue weighted by atomic mass is 35.5. The number of rotatable bonds is 6. The van der Waals surface area contributed by atoms with Crippen molar-refractivity contribution in [2.45, 2.75) is 25.4 Å². The quantitative estimate of drug-likeness (QED) is 0.783. The standard InChI is InChI=1S/C21H26N2O2.ClH/c22-13-4-16-25-20-11-14-23(15-12-20)21(24)19-9-7-18(8-10-19)17-5-2-1-3-6-17;/h1-3,5-10,20H,4,11-16,22H2;1H. The minimum Gasteiger partial charge on any atom is -0.378 e. The van der Waals surface area contributed by atoms with Crippen LogP contribution in [0.15, 0.2) is 54.6 Å². The van der Waals surface area contributed by atoms with Gasteiger partial charge in [0.15, 0.2) is 0 Å². The molecule has 0 unspecified atom stereocenters. The number of nitrogens with zero attached hydrogens (tertiary/aromatic N) is 1. The number of ether oxygens (including phenoxy) is 1. The Balaban J connectivity index is 0.00000243. The van der Waals surface area contributed by atoms with E-state index < -0.39 is 0 Å². The van der Waals surface area contributed by atoms with E-state index in [1.807, 2.05) is 47.4 Å². The Hall–Kier alpha value is -1.88. The fraction of sp³-hybridized carbons (Fsp3) is 0.381. The van der Waals surface area contributed by atoms with E-state index >= 15 is 0 Å². The van der Waals surface area contributed by atoms with Crippen LogP contribution in [0.1, 0.15) is 29.6 Å². The van der Waals surface area contributed by atoms with Gasteiger partial charge in [-0.2, -0.15) is 0 Å². The molecule has 1 aliphatic heterocycles. The molecule has 3 rings (SSSR count). The molecular weight excluding hydrogens is 348 g/mol. The van der Waals surface area contributed by atoms with Crippen molar-refractivity contribution in [1.82, 2.24) is 4.90 Å². The van der Waals surface area contributed by atoms with Crippen molar-refractivity contribution in [2.75, 3.05) is 26.2 Å². The summed E-state index contributed by atoms with van der Waals surface area (Å²) < 4.78 is 5.80. The lowest BCUT2D eigenvalue weighted by molar-refractivity contribution is 0.00845. The van der Waals surface area contributed by atoms with E-state index in [0.717, 1.165) is 55.6 Å². The molecule has 2 N–H and O–H groups in total. The van der Waals surface area contributed by atoms with Gasteiger partial charge < -0.3 is 15.4 Å². The molecule has 4 nitrogen and oxygen atoms in total. The second-order valence-electron chi connectivity index (χ2n) is 6.45. The molecule has 0 aliphatic carbocycles. The average molecular weight is 375 g/mol. The lowest BCUT2D eigenvalue weighted by atomic mass is 10.0. The van der Waals surface area contributed by atoms with Gasteiger partial charge in [0, 0.05) is 25.3 Å². The van der Waals surface area contributed by atoms with Crippen LogP contribution in [0.25, 0.3) is 11.1 Å². The summed E-state index contributed by atoms with van der Waals surface area (Å²) in [6.45, 7) is 2.89. The van der Waals surface area contributed by atoms with Gasteiger partial charge in [-0.3, -0.25) is 4.79 Å². The van der Waals surface area contributed by atoms with Gasteiger partial charge in [0.1, 0.15) is 0 Å². The number of hydrogen-bond acceptors (Lipinski definition) is 3. The van der Waals surface area contributed by atoms with Gasteiger partial charge in [-0.15, -0.1) is 12.4 Å². The number of piperidine rings is 1. The zero-order valence-corrected chi connectivity index (χ0v) is 15.8. The van der Waals surface area contributed by atoms with Crippen LogP contribution in [0.3, 0.4) is 0 Å². The zero-order valence-electron chi connectivity index (χ0n) is 15.0. The van der Waals surface area contributed by atoms with Gasteiger partial charge in [0.2, 0.25) is 0 Å². The number of halogens is 1. The van der Waals surface area contributed by atoms with Gasteiger partial charge in [-0.05, 0) is 49.1 Å². The summed E-state index contributed by atoms with van der Waals surface area (Å²) in [5, 5.41) is 0. The van der Waals surface area contributed by atoms with Crippen LogP contribution in [0, 0.1) is 0 Å². The van der Waals surface area contributed by atoms with Crippen LogP contribution >= 0.6 is 12.4 Å². The minimum atomic E-state index is 0.